The van der Waals surface area contributed by atoms with Crippen LogP contribution in [0.2, 0.25) is 0 Å². The van der Waals surface area contributed by atoms with Gasteiger partial charge in [-0.05, 0) is 19.3 Å². The van der Waals surface area contributed by atoms with E-state index in [0.29, 0.717) is 12.8 Å². The zero-order valence-electron chi connectivity index (χ0n) is 11.3. The largest absolute Gasteiger partial charge is 0.481 e. The van der Waals surface area contributed by atoms with Crippen LogP contribution in [0.4, 0.5) is 0 Å². The van der Waals surface area contributed by atoms with Crippen molar-refractivity contribution in [3.8, 4) is 0 Å². The third-order valence-corrected chi connectivity index (χ3v) is 5.76. The van der Waals surface area contributed by atoms with Crippen molar-refractivity contribution in [3.05, 3.63) is 0 Å². The lowest BCUT2D eigenvalue weighted by molar-refractivity contribution is -0.142. The van der Waals surface area contributed by atoms with E-state index in [1.807, 2.05) is 0 Å². The molecule has 1 fully saturated rings. The smallest absolute Gasteiger partial charge is 0.306 e. The van der Waals surface area contributed by atoms with Crippen LogP contribution < -0.4 is 4.72 Å². The molecule has 8 nitrogen and oxygen atoms in total. The average Bonchev–Trinajstić information content (AvgIpc) is 2.34. The first-order valence-corrected chi connectivity index (χ1v) is 9.77. The van der Waals surface area contributed by atoms with Gasteiger partial charge >= 0.3 is 5.97 Å². The van der Waals surface area contributed by atoms with Gasteiger partial charge in [-0.15, -0.1) is 0 Å². The lowest BCUT2D eigenvalue weighted by Gasteiger charge is -2.29. The number of aliphatic carboxylic acids is 1. The third-order valence-electron chi connectivity index (χ3n) is 3.12. The Bertz CT molecular complexity index is 534. The molecule has 10 heteroatoms. The Morgan fingerprint density at radius 2 is 1.80 bits per heavy atom. The van der Waals surface area contributed by atoms with Crippen LogP contribution in [-0.2, 0) is 24.8 Å². The molecule has 0 atom stereocenters. The van der Waals surface area contributed by atoms with Gasteiger partial charge in [-0.1, -0.05) is 0 Å². The van der Waals surface area contributed by atoms with Crippen molar-refractivity contribution in [2.45, 2.75) is 19.3 Å². The number of nitrogens with one attached hydrogen (secondary N) is 1. The molecule has 0 radical (unpaired) electrons. The zero-order chi connectivity index (χ0) is 15.4. The van der Waals surface area contributed by atoms with Crippen LogP contribution in [-0.4, -0.2) is 63.9 Å². The summed E-state index contributed by atoms with van der Waals surface area (Å²) in [6.45, 7) is 0.380. The van der Waals surface area contributed by atoms with Crippen molar-refractivity contribution in [2.75, 3.05) is 31.6 Å². The number of piperidine rings is 1. The van der Waals surface area contributed by atoms with Crippen molar-refractivity contribution >= 4 is 26.0 Å². The van der Waals surface area contributed by atoms with Crippen molar-refractivity contribution in [2.24, 2.45) is 5.92 Å². The predicted octanol–water partition coefficient (Wildman–Crippen LogP) is -0.948. The molecular formula is C10H20N2O6S2. The molecule has 0 unspecified atom stereocenters. The fraction of sp³-hybridized carbons (Fsp3) is 0.900. The van der Waals surface area contributed by atoms with E-state index in [1.54, 1.807) is 0 Å². The molecule has 0 amide bonds. The summed E-state index contributed by atoms with van der Waals surface area (Å²) in [5.41, 5.74) is 0. The molecule has 0 aromatic carbocycles. The fourth-order valence-corrected chi connectivity index (χ4v) is 3.92. The van der Waals surface area contributed by atoms with E-state index in [0.717, 1.165) is 6.26 Å². The molecule has 0 saturated carbocycles. The lowest BCUT2D eigenvalue weighted by atomic mass is 9.99. The number of nitrogens with zero attached hydrogens (tertiary/aromatic N) is 1. The fourth-order valence-electron chi connectivity index (χ4n) is 1.97. The maximum atomic E-state index is 11.9. The molecule has 1 aliphatic rings. The average molecular weight is 328 g/mol. The van der Waals surface area contributed by atoms with Crippen LogP contribution in [0.1, 0.15) is 19.3 Å². The Balaban J connectivity index is 2.40. The number of carboxylic acid groups (broad SMARTS) is 1. The number of rotatable bonds is 7. The van der Waals surface area contributed by atoms with Crippen molar-refractivity contribution in [1.29, 1.82) is 0 Å². The highest BCUT2D eigenvalue weighted by molar-refractivity contribution is 7.90. The Labute approximate surface area is 119 Å². The van der Waals surface area contributed by atoms with Crippen LogP contribution in [0.25, 0.3) is 0 Å². The van der Waals surface area contributed by atoms with Gasteiger partial charge < -0.3 is 5.11 Å². The second kappa shape index (κ2) is 6.83. The Kier molecular flexibility index (Phi) is 5.92. The molecule has 0 aliphatic carbocycles. The summed E-state index contributed by atoms with van der Waals surface area (Å²) >= 11 is 0. The van der Waals surface area contributed by atoms with Crippen LogP contribution in [0.15, 0.2) is 0 Å². The van der Waals surface area contributed by atoms with Crippen LogP contribution in [0.3, 0.4) is 0 Å². The van der Waals surface area contributed by atoms with Crippen LogP contribution in [0, 0.1) is 5.92 Å². The number of carbonyl (C=O) groups is 1. The molecular weight excluding hydrogens is 308 g/mol. The lowest BCUT2D eigenvalue weighted by Crippen LogP contribution is -2.46. The molecule has 1 saturated heterocycles. The Morgan fingerprint density at radius 3 is 2.25 bits per heavy atom. The highest BCUT2D eigenvalue weighted by Crippen LogP contribution is 2.18. The normalized spacial score (nSPS) is 19.1. The van der Waals surface area contributed by atoms with Gasteiger partial charge in [-0.25, -0.2) is 13.1 Å². The standard InChI is InChI=1S/C10H20N2O6S2/c1-19(15,16)8-2-5-11-20(17,18)12-6-3-9(4-7-12)10(13)14/h9,11H,2-8H2,1H3,(H,13,14). The number of sulfone groups is 1. The van der Waals surface area contributed by atoms with Crippen molar-refractivity contribution < 1.29 is 26.7 Å². The predicted molar refractivity (Wildman–Crippen MR) is 73.2 cm³/mol. The molecule has 0 aromatic rings. The first kappa shape index (κ1) is 17.3. The molecule has 1 rings (SSSR count). The second-order valence-electron chi connectivity index (χ2n) is 4.89. The van der Waals surface area contributed by atoms with E-state index in [9.17, 15) is 21.6 Å². The maximum absolute atomic E-state index is 11.9. The van der Waals surface area contributed by atoms with Gasteiger partial charge in [-0.3, -0.25) is 4.79 Å². The van der Waals surface area contributed by atoms with Gasteiger partial charge in [0.1, 0.15) is 9.84 Å². The molecule has 0 spiro atoms. The molecule has 118 valence electrons. The van der Waals surface area contributed by atoms with Gasteiger partial charge in [0.25, 0.3) is 10.2 Å². The first-order chi connectivity index (χ1) is 9.12. The van der Waals surface area contributed by atoms with Gasteiger partial charge in [0.15, 0.2) is 0 Å². The van der Waals surface area contributed by atoms with E-state index in [2.05, 4.69) is 4.72 Å². The minimum atomic E-state index is -3.65. The number of hydrogen-bond donors (Lipinski definition) is 2. The molecule has 1 heterocycles. The topological polar surface area (TPSA) is 121 Å². The van der Waals surface area contributed by atoms with E-state index in [4.69, 9.17) is 5.11 Å². The summed E-state index contributed by atoms with van der Waals surface area (Å²) < 4.78 is 49.2. The summed E-state index contributed by atoms with van der Waals surface area (Å²) in [5, 5.41) is 8.84. The van der Waals surface area contributed by atoms with E-state index >= 15 is 0 Å². The van der Waals surface area contributed by atoms with Crippen LogP contribution >= 0.6 is 0 Å². The summed E-state index contributed by atoms with van der Waals surface area (Å²) in [4.78, 5) is 10.8. The Morgan fingerprint density at radius 1 is 1.25 bits per heavy atom. The van der Waals surface area contributed by atoms with Gasteiger partial charge in [0.2, 0.25) is 0 Å². The summed E-state index contributed by atoms with van der Waals surface area (Å²) in [6.07, 6.45) is 1.89. The van der Waals surface area contributed by atoms with Crippen molar-refractivity contribution in [1.82, 2.24) is 9.03 Å². The van der Waals surface area contributed by atoms with Crippen molar-refractivity contribution in [3.63, 3.8) is 0 Å². The molecule has 0 aromatic heterocycles. The molecule has 2 N–H and O–H groups in total. The number of hydrogen-bond acceptors (Lipinski definition) is 5. The third kappa shape index (κ3) is 5.73. The molecule has 20 heavy (non-hydrogen) atoms. The quantitative estimate of drug-likeness (QED) is 0.581. The van der Waals surface area contributed by atoms with E-state index in [-0.39, 0.29) is 31.8 Å². The van der Waals surface area contributed by atoms with Gasteiger partial charge in [0.05, 0.1) is 11.7 Å². The summed E-state index contributed by atoms with van der Waals surface area (Å²) in [5.74, 6) is -1.47. The highest BCUT2D eigenvalue weighted by atomic mass is 32.2. The first-order valence-electron chi connectivity index (χ1n) is 6.27. The highest BCUT2D eigenvalue weighted by Gasteiger charge is 2.30. The molecule has 1 aliphatic heterocycles. The summed E-state index contributed by atoms with van der Waals surface area (Å²) in [7, 11) is -6.75. The monoisotopic (exact) mass is 328 g/mol. The SMILES string of the molecule is CS(=O)(=O)CCCNS(=O)(=O)N1CCC(C(=O)O)CC1. The van der Waals surface area contributed by atoms with Gasteiger partial charge in [-0.2, -0.15) is 12.7 Å². The summed E-state index contributed by atoms with van der Waals surface area (Å²) in [6, 6.07) is 0. The Hall–Kier alpha value is -0.710. The van der Waals surface area contributed by atoms with E-state index < -0.39 is 31.9 Å². The second-order valence-corrected chi connectivity index (χ2v) is 8.91. The minimum absolute atomic E-state index is 0.0499. The number of carboxylic acids is 1. The van der Waals surface area contributed by atoms with Crippen LogP contribution in [0.5, 0.6) is 0 Å². The zero-order valence-corrected chi connectivity index (χ0v) is 12.9. The van der Waals surface area contributed by atoms with Gasteiger partial charge in [0, 0.05) is 25.9 Å². The minimum Gasteiger partial charge on any atom is -0.481 e. The molecule has 0 bridgehead atoms. The van der Waals surface area contributed by atoms with E-state index in [1.165, 1.54) is 4.31 Å². The maximum Gasteiger partial charge on any atom is 0.306 e.